The maximum absolute atomic E-state index is 6.25. The third-order valence-corrected chi connectivity index (χ3v) is 3.89. The van der Waals surface area contributed by atoms with Crippen molar-refractivity contribution in [3.05, 3.63) is 62.3 Å². The average molecular weight is 370 g/mol. The number of aromatic nitrogens is 1. The van der Waals surface area contributed by atoms with E-state index >= 15 is 0 Å². The first-order valence-corrected chi connectivity index (χ1v) is 7.26. The fourth-order valence-electron chi connectivity index (χ4n) is 1.86. The van der Waals surface area contributed by atoms with Crippen LogP contribution in [0.25, 0.3) is 0 Å². The molecule has 0 bridgehead atoms. The van der Waals surface area contributed by atoms with Gasteiger partial charge in [-0.1, -0.05) is 28.1 Å². The molecule has 0 aliphatic heterocycles. The number of pyridine rings is 1. The van der Waals surface area contributed by atoms with Crippen LogP contribution in [0.15, 0.2) is 45.6 Å². The van der Waals surface area contributed by atoms with Crippen molar-refractivity contribution < 1.29 is 0 Å². The Morgan fingerprint density at radius 1 is 1.22 bits per heavy atom. The molecule has 0 spiro atoms. The number of nitrogens with zero attached hydrogens (tertiary/aromatic N) is 1. The van der Waals surface area contributed by atoms with Crippen molar-refractivity contribution in [1.82, 2.24) is 4.98 Å². The lowest BCUT2D eigenvalue weighted by Crippen LogP contribution is -2.14. The summed E-state index contributed by atoms with van der Waals surface area (Å²) in [5, 5.41) is 0. The Morgan fingerprint density at radius 2 is 2.00 bits per heavy atom. The lowest BCUT2D eigenvalue weighted by atomic mass is 10.00. The zero-order chi connectivity index (χ0) is 13.1. The Kier molecular flexibility index (Phi) is 4.54. The molecule has 0 saturated carbocycles. The Hall–Kier alpha value is -0.710. The summed E-state index contributed by atoms with van der Waals surface area (Å²) in [7, 11) is 0. The number of hydrogen-bond acceptors (Lipinski definition) is 2. The molecule has 2 nitrogen and oxygen atoms in total. The molecule has 2 rings (SSSR count). The van der Waals surface area contributed by atoms with E-state index in [0.29, 0.717) is 0 Å². The summed E-state index contributed by atoms with van der Waals surface area (Å²) in [5.74, 6) is 0. The van der Waals surface area contributed by atoms with Gasteiger partial charge in [0.05, 0.1) is 0 Å². The summed E-state index contributed by atoms with van der Waals surface area (Å²) >= 11 is 6.99. The van der Waals surface area contributed by atoms with Gasteiger partial charge >= 0.3 is 0 Å². The van der Waals surface area contributed by atoms with Gasteiger partial charge in [-0.25, -0.2) is 0 Å². The molecule has 1 atom stereocenters. The third-order valence-electron chi connectivity index (χ3n) is 2.77. The smallest absolute Gasteiger partial charge is 0.0410 e. The molecule has 0 amide bonds. The standard InChI is InChI=1S/C14H14Br2N2/c1-9-2-3-12(13(16)4-9)14(17)6-10-5-11(15)8-18-7-10/h2-5,7-8,14H,6,17H2,1H3. The van der Waals surface area contributed by atoms with Crippen LogP contribution in [0.2, 0.25) is 0 Å². The van der Waals surface area contributed by atoms with E-state index in [0.717, 1.165) is 26.5 Å². The second-order valence-corrected chi connectivity index (χ2v) is 6.12. The number of benzene rings is 1. The van der Waals surface area contributed by atoms with Crippen LogP contribution in [-0.4, -0.2) is 4.98 Å². The molecule has 4 heteroatoms. The average Bonchev–Trinajstić information content (AvgIpc) is 2.28. The van der Waals surface area contributed by atoms with Crippen LogP contribution >= 0.6 is 31.9 Å². The van der Waals surface area contributed by atoms with Crippen molar-refractivity contribution in [1.29, 1.82) is 0 Å². The van der Waals surface area contributed by atoms with Crippen LogP contribution < -0.4 is 5.73 Å². The largest absolute Gasteiger partial charge is 0.324 e. The molecular formula is C14H14Br2N2. The van der Waals surface area contributed by atoms with Crippen molar-refractivity contribution in [2.45, 2.75) is 19.4 Å². The predicted octanol–water partition coefficient (Wildman–Crippen LogP) is 4.16. The third kappa shape index (κ3) is 3.40. The van der Waals surface area contributed by atoms with Crippen LogP contribution in [-0.2, 0) is 6.42 Å². The van der Waals surface area contributed by atoms with Crippen molar-refractivity contribution in [3.8, 4) is 0 Å². The molecule has 0 radical (unpaired) electrons. The summed E-state index contributed by atoms with van der Waals surface area (Å²) in [6.07, 6.45) is 4.40. The molecule has 1 aromatic heterocycles. The monoisotopic (exact) mass is 368 g/mol. The maximum atomic E-state index is 6.25. The fraction of sp³-hybridized carbons (Fsp3) is 0.214. The van der Waals surface area contributed by atoms with Gasteiger partial charge in [-0.05, 0) is 58.1 Å². The van der Waals surface area contributed by atoms with Gasteiger partial charge in [-0.3, -0.25) is 4.98 Å². The quantitative estimate of drug-likeness (QED) is 0.882. The lowest BCUT2D eigenvalue weighted by molar-refractivity contribution is 0.715. The maximum Gasteiger partial charge on any atom is 0.0410 e. The van der Waals surface area contributed by atoms with E-state index in [1.807, 2.05) is 6.20 Å². The highest BCUT2D eigenvalue weighted by molar-refractivity contribution is 9.10. The Labute approximate surface area is 124 Å². The van der Waals surface area contributed by atoms with Gasteiger partial charge in [0.25, 0.3) is 0 Å². The van der Waals surface area contributed by atoms with Crippen molar-refractivity contribution in [2.24, 2.45) is 5.73 Å². The predicted molar refractivity (Wildman–Crippen MR) is 81.4 cm³/mol. The summed E-state index contributed by atoms with van der Waals surface area (Å²) in [6.45, 7) is 2.07. The van der Waals surface area contributed by atoms with E-state index in [9.17, 15) is 0 Å². The van der Waals surface area contributed by atoms with Crippen LogP contribution in [0.3, 0.4) is 0 Å². The molecule has 0 fully saturated rings. The van der Waals surface area contributed by atoms with Gasteiger partial charge in [0.15, 0.2) is 0 Å². The molecule has 1 heterocycles. The van der Waals surface area contributed by atoms with E-state index in [1.54, 1.807) is 6.20 Å². The first-order chi connectivity index (χ1) is 8.56. The van der Waals surface area contributed by atoms with Gasteiger partial charge in [-0.15, -0.1) is 0 Å². The van der Waals surface area contributed by atoms with Crippen LogP contribution in [0.5, 0.6) is 0 Å². The first kappa shape index (κ1) is 13.7. The Balaban J connectivity index is 2.19. The molecule has 94 valence electrons. The molecule has 0 saturated heterocycles. The van der Waals surface area contributed by atoms with Gasteiger partial charge in [0, 0.05) is 27.4 Å². The van der Waals surface area contributed by atoms with E-state index in [2.05, 4.69) is 68.0 Å². The highest BCUT2D eigenvalue weighted by atomic mass is 79.9. The van der Waals surface area contributed by atoms with Crippen LogP contribution in [0, 0.1) is 6.92 Å². The van der Waals surface area contributed by atoms with E-state index in [-0.39, 0.29) is 6.04 Å². The van der Waals surface area contributed by atoms with E-state index in [4.69, 9.17) is 5.73 Å². The highest BCUT2D eigenvalue weighted by Crippen LogP contribution is 2.26. The Bertz CT molecular complexity index is 555. The fourth-order valence-corrected chi connectivity index (χ4v) is 3.06. The lowest BCUT2D eigenvalue weighted by Gasteiger charge is -2.14. The van der Waals surface area contributed by atoms with E-state index < -0.39 is 0 Å². The second kappa shape index (κ2) is 5.95. The van der Waals surface area contributed by atoms with Crippen LogP contribution in [0.1, 0.15) is 22.7 Å². The summed E-state index contributed by atoms with van der Waals surface area (Å²) in [6, 6.07) is 8.27. The minimum absolute atomic E-state index is 0.0314. The highest BCUT2D eigenvalue weighted by Gasteiger charge is 2.11. The number of halogens is 2. The van der Waals surface area contributed by atoms with Crippen molar-refractivity contribution >= 4 is 31.9 Å². The molecule has 0 aliphatic carbocycles. The van der Waals surface area contributed by atoms with Gasteiger partial charge in [-0.2, -0.15) is 0 Å². The number of nitrogens with two attached hydrogens (primary N) is 1. The molecule has 0 aliphatic rings. The van der Waals surface area contributed by atoms with Crippen molar-refractivity contribution in [2.75, 3.05) is 0 Å². The van der Waals surface area contributed by atoms with E-state index in [1.165, 1.54) is 5.56 Å². The number of hydrogen-bond donors (Lipinski definition) is 1. The topological polar surface area (TPSA) is 38.9 Å². The molecular weight excluding hydrogens is 356 g/mol. The number of rotatable bonds is 3. The van der Waals surface area contributed by atoms with Gasteiger partial charge in [0.2, 0.25) is 0 Å². The second-order valence-electron chi connectivity index (χ2n) is 4.35. The minimum atomic E-state index is -0.0314. The van der Waals surface area contributed by atoms with Gasteiger partial charge < -0.3 is 5.73 Å². The summed E-state index contributed by atoms with van der Waals surface area (Å²) < 4.78 is 2.05. The van der Waals surface area contributed by atoms with Crippen molar-refractivity contribution in [3.63, 3.8) is 0 Å². The SMILES string of the molecule is Cc1ccc(C(N)Cc2cncc(Br)c2)c(Br)c1. The zero-order valence-electron chi connectivity index (χ0n) is 10.0. The summed E-state index contributed by atoms with van der Waals surface area (Å²) in [5.41, 5.74) is 9.73. The molecule has 1 unspecified atom stereocenters. The molecule has 2 aromatic rings. The summed E-state index contributed by atoms with van der Waals surface area (Å²) in [4.78, 5) is 4.15. The molecule has 1 aromatic carbocycles. The van der Waals surface area contributed by atoms with Gasteiger partial charge in [0.1, 0.15) is 0 Å². The normalized spacial score (nSPS) is 12.4. The zero-order valence-corrected chi connectivity index (χ0v) is 13.2. The first-order valence-electron chi connectivity index (χ1n) is 5.67. The minimum Gasteiger partial charge on any atom is -0.324 e. The molecule has 18 heavy (non-hydrogen) atoms. The number of aryl methyl sites for hydroxylation is 1. The van der Waals surface area contributed by atoms with Crippen LogP contribution in [0.4, 0.5) is 0 Å². The Morgan fingerprint density at radius 3 is 2.67 bits per heavy atom. The molecule has 2 N–H and O–H groups in total.